The van der Waals surface area contributed by atoms with E-state index in [0.29, 0.717) is 28.6 Å². The van der Waals surface area contributed by atoms with E-state index in [0.717, 1.165) is 18.4 Å². The molecule has 27 heavy (non-hydrogen) atoms. The van der Waals surface area contributed by atoms with Gasteiger partial charge in [0.2, 0.25) is 0 Å². The van der Waals surface area contributed by atoms with Crippen molar-refractivity contribution in [3.63, 3.8) is 0 Å². The SMILES string of the molecule is CCCOc1ccc(Cl)cc1/C=N\NC(=O)C(=O)Nc1ccc(CC)cc1. The molecule has 0 spiro atoms. The van der Waals surface area contributed by atoms with E-state index in [1.54, 1.807) is 30.3 Å². The van der Waals surface area contributed by atoms with Crippen molar-refractivity contribution in [1.82, 2.24) is 5.43 Å². The van der Waals surface area contributed by atoms with Gasteiger partial charge in [0.05, 0.1) is 12.8 Å². The second-order valence-electron chi connectivity index (χ2n) is 5.73. The van der Waals surface area contributed by atoms with Gasteiger partial charge in [-0.2, -0.15) is 5.10 Å². The van der Waals surface area contributed by atoms with Gasteiger partial charge in [-0.05, 0) is 48.7 Å². The number of anilines is 1. The van der Waals surface area contributed by atoms with E-state index in [4.69, 9.17) is 16.3 Å². The van der Waals surface area contributed by atoms with Crippen molar-refractivity contribution in [2.45, 2.75) is 26.7 Å². The lowest BCUT2D eigenvalue weighted by molar-refractivity contribution is -0.136. The van der Waals surface area contributed by atoms with Crippen LogP contribution in [-0.2, 0) is 16.0 Å². The minimum Gasteiger partial charge on any atom is -0.493 e. The molecule has 0 heterocycles. The Morgan fingerprint density at radius 1 is 1.11 bits per heavy atom. The Balaban J connectivity index is 1.95. The van der Waals surface area contributed by atoms with Crippen molar-refractivity contribution in [2.24, 2.45) is 5.10 Å². The van der Waals surface area contributed by atoms with Gasteiger partial charge in [0.25, 0.3) is 0 Å². The van der Waals surface area contributed by atoms with Crippen molar-refractivity contribution in [3.8, 4) is 5.75 Å². The maximum Gasteiger partial charge on any atom is 0.329 e. The summed E-state index contributed by atoms with van der Waals surface area (Å²) in [7, 11) is 0. The van der Waals surface area contributed by atoms with Crippen LogP contribution in [0.3, 0.4) is 0 Å². The lowest BCUT2D eigenvalue weighted by Crippen LogP contribution is -2.32. The van der Waals surface area contributed by atoms with Gasteiger partial charge >= 0.3 is 11.8 Å². The molecule has 2 rings (SSSR count). The largest absolute Gasteiger partial charge is 0.493 e. The number of carbonyl (C=O) groups excluding carboxylic acids is 2. The molecule has 0 radical (unpaired) electrons. The minimum absolute atomic E-state index is 0.514. The molecule has 6 nitrogen and oxygen atoms in total. The summed E-state index contributed by atoms with van der Waals surface area (Å²) in [6, 6.07) is 12.4. The zero-order valence-electron chi connectivity index (χ0n) is 15.3. The van der Waals surface area contributed by atoms with E-state index in [1.807, 2.05) is 26.0 Å². The van der Waals surface area contributed by atoms with E-state index >= 15 is 0 Å². The highest BCUT2D eigenvalue weighted by Gasteiger charge is 2.13. The number of nitrogens with zero attached hydrogens (tertiary/aromatic N) is 1. The third-order valence-electron chi connectivity index (χ3n) is 3.63. The molecule has 0 saturated heterocycles. The second-order valence-corrected chi connectivity index (χ2v) is 6.17. The Morgan fingerprint density at radius 2 is 1.85 bits per heavy atom. The molecule has 0 atom stereocenters. The predicted molar refractivity (Wildman–Crippen MR) is 107 cm³/mol. The van der Waals surface area contributed by atoms with Crippen LogP contribution in [-0.4, -0.2) is 24.6 Å². The van der Waals surface area contributed by atoms with Crippen molar-refractivity contribution >= 4 is 35.3 Å². The Morgan fingerprint density at radius 3 is 2.52 bits per heavy atom. The van der Waals surface area contributed by atoms with E-state index in [1.165, 1.54) is 6.21 Å². The topological polar surface area (TPSA) is 79.8 Å². The molecule has 0 bridgehead atoms. The number of carbonyl (C=O) groups is 2. The van der Waals surface area contributed by atoms with Gasteiger partial charge in [0, 0.05) is 16.3 Å². The molecule has 142 valence electrons. The highest BCUT2D eigenvalue weighted by molar-refractivity contribution is 6.39. The van der Waals surface area contributed by atoms with E-state index in [2.05, 4.69) is 15.8 Å². The van der Waals surface area contributed by atoms with E-state index in [9.17, 15) is 9.59 Å². The summed E-state index contributed by atoms with van der Waals surface area (Å²) in [5.74, 6) is -1.08. The van der Waals surface area contributed by atoms with E-state index < -0.39 is 11.8 Å². The minimum atomic E-state index is -0.871. The van der Waals surface area contributed by atoms with Crippen LogP contribution < -0.4 is 15.5 Å². The fourth-order valence-electron chi connectivity index (χ4n) is 2.19. The fraction of sp³-hybridized carbons (Fsp3) is 0.250. The number of rotatable bonds is 7. The van der Waals surface area contributed by atoms with Gasteiger partial charge in [-0.15, -0.1) is 0 Å². The highest BCUT2D eigenvalue weighted by atomic mass is 35.5. The standard InChI is InChI=1S/C20H22ClN3O3/c1-3-11-27-18-10-7-16(21)12-15(18)13-22-24-20(26)19(25)23-17-8-5-14(4-2)6-9-17/h5-10,12-13H,3-4,11H2,1-2H3,(H,23,25)(H,24,26)/b22-13-. The number of hydrazone groups is 1. The molecule has 0 fully saturated rings. The number of nitrogens with one attached hydrogen (secondary N) is 2. The summed E-state index contributed by atoms with van der Waals surface area (Å²) in [6.45, 7) is 4.59. The van der Waals surface area contributed by atoms with Crippen molar-refractivity contribution in [1.29, 1.82) is 0 Å². The number of hydrogen-bond donors (Lipinski definition) is 2. The monoisotopic (exact) mass is 387 g/mol. The molecule has 0 saturated carbocycles. The molecule has 0 aliphatic rings. The van der Waals surface area contributed by atoms with Crippen LogP contribution in [0.1, 0.15) is 31.4 Å². The smallest absolute Gasteiger partial charge is 0.329 e. The van der Waals surface area contributed by atoms with Crippen LogP contribution >= 0.6 is 11.6 Å². The Bertz CT molecular complexity index is 820. The van der Waals surface area contributed by atoms with Gasteiger partial charge in [-0.1, -0.05) is 37.6 Å². The molecule has 2 N–H and O–H groups in total. The van der Waals surface area contributed by atoms with Crippen LogP contribution in [0.15, 0.2) is 47.6 Å². The van der Waals surface area contributed by atoms with Crippen LogP contribution in [0.25, 0.3) is 0 Å². The molecule has 2 aromatic rings. The molecule has 2 aromatic carbocycles. The summed E-state index contributed by atoms with van der Waals surface area (Å²) < 4.78 is 5.60. The zero-order valence-corrected chi connectivity index (χ0v) is 16.0. The van der Waals surface area contributed by atoms with Crippen LogP contribution in [0, 0.1) is 0 Å². The Labute approximate surface area is 163 Å². The number of aryl methyl sites for hydroxylation is 1. The van der Waals surface area contributed by atoms with Crippen LogP contribution in [0.2, 0.25) is 5.02 Å². The second kappa shape index (κ2) is 10.3. The van der Waals surface area contributed by atoms with Gasteiger partial charge in [0.1, 0.15) is 5.75 Å². The molecule has 0 aliphatic carbocycles. The number of ether oxygens (including phenoxy) is 1. The fourth-order valence-corrected chi connectivity index (χ4v) is 2.37. The van der Waals surface area contributed by atoms with Gasteiger partial charge in [-0.3, -0.25) is 9.59 Å². The Kier molecular flexibility index (Phi) is 7.82. The van der Waals surface area contributed by atoms with Crippen molar-refractivity contribution < 1.29 is 14.3 Å². The highest BCUT2D eigenvalue weighted by Crippen LogP contribution is 2.21. The first kappa shape index (κ1) is 20.5. The molecular formula is C20H22ClN3O3. The predicted octanol–water partition coefficient (Wildman–Crippen LogP) is 3.78. The summed E-state index contributed by atoms with van der Waals surface area (Å²) in [6.07, 6.45) is 3.14. The van der Waals surface area contributed by atoms with E-state index in [-0.39, 0.29) is 0 Å². The summed E-state index contributed by atoms with van der Waals surface area (Å²) >= 11 is 5.99. The van der Waals surface area contributed by atoms with Crippen molar-refractivity contribution in [3.05, 3.63) is 58.6 Å². The summed E-state index contributed by atoms with van der Waals surface area (Å²) in [5, 5.41) is 6.85. The van der Waals surface area contributed by atoms with Gasteiger partial charge in [0.15, 0.2) is 0 Å². The third kappa shape index (κ3) is 6.42. The summed E-state index contributed by atoms with van der Waals surface area (Å²) in [4.78, 5) is 23.8. The normalized spacial score (nSPS) is 10.6. The maximum atomic E-state index is 11.9. The summed E-state index contributed by atoms with van der Waals surface area (Å²) in [5.41, 5.74) is 4.49. The number of hydrogen-bond acceptors (Lipinski definition) is 4. The lowest BCUT2D eigenvalue weighted by Gasteiger charge is -2.08. The zero-order chi connectivity index (χ0) is 19.6. The molecule has 0 aliphatic heterocycles. The van der Waals surface area contributed by atoms with Gasteiger partial charge in [-0.25, -0.2) is 5.43 Å². The third-order valence-corrected chi connectivity index (χ3v) is 3.86. The molecular weight excluding hydrogens is 366 g/mol. The number of halogens is 1. The maximum absolute atomic E-state index is 11.9. The van der Waals surface area contributed by atoms with Crippen molar-refractivity contribution in [2.75, 3.05) is 11.9 Å². The quantitative estimate of drug-likeness (QED) is 0.431. The van der Waals surface area contributed by atoms with Crippen LogP contribution in [0.4, 0.5) is 5.69 Å². The number of benzene rings is 2. The number of amides is 2. The first-order chi connectivity index (χ1) is 13.0. The van der Waals surface area contributed by atoms with Crippen LogP contribution in [0.5, 0.6) is 5.75 Å². The van der Waals surface area contributed by atoms with Gasteiger partial charge < -0.3 is 10.1 Å². The average molecular weight is 388 g/mol. The molecule has 7 heteroatoms. The first-order valence-corrected chi connectivity index (χ1v) is 9.07. The Hall–Kier alpha value is -2.86. The average Bonchev–Trinajstić information content (AvgIpc) is 2.67. The lowest BCUT2D eigenvalue weighted by atomic mass is 10.1. The molecule has 0 aromatic heterocycles. The molecule has 0 unspecified atom stereocenters. The first-order valence-electron chi connectivity index (χ1n) is 8.69. The molecule has 2 amide bonds.